The SMILES string of the molecule is CN(c1ncc(CNC2CC2)cc1Cl)C1CCCCCC1. The normalized spacial score (nSPS) is 20.3. The van der Waals surface area contributed by atoms with E-state index in [1.165, 1.54) is 56.9 Å². The minimum atomic E-state index is 0.591. The highest BCUT2D eigenvalue weighted by Crippen LogP contribution is 2.29. The van der Waals surface area contributed by atoms with Crippen LogP contribution in [0.3, 0.4) is 0 Å². The molecule has 3 rings (SSSR count). The first-order valence-corrected chi connectivity index (χ1v) is 8.72. The lowest BCUT2D eigenvalue weighted by molar-refractivity contribution is 0.549. The molecule has 0 saturated heterocycles. The van der Waals surface area contributed by atoms with Gasteiger partial charge in [0.2, 0.25) is 0 Å². The second-order valence-electron chi connectivity index (χ2n) is 6.56. The number of hydrogen-bond acceptors (Lipinski definition) is 3. The Kier molecular flexibility index (Phi) is 5.02. The highest BCUT2D eigenvalue weighted by Gasteiger charge is 2.22. The third-order valence-corrected chi connectivity index (χ3v) is 5.04. The number of rotatable bonds is 5. The smallest absolute Gasteiger partial charge is 0.147 e. The van der Waals surface area contributed by atoms with Gasteiger partial charge in [0.15, 0.2) is 0 Å². The summed E-state index contributed by atoms with van der Waals surface area (Å²) >= 11 is 6.48. The Morgan fingerprint density at radius 1 is 1.19 bits per heavy atom. The molecule has 0 radical (unpaired) electrons. The van der Waals surface area contributed by atoms with Crippen LogP contribution in [0.15, 0.2) is 12.3 Å². The molecule has 1 N–H and O–H groups in total. The first kappa shape index (κ1) is 15.1. The maximum atomic E-state index is 6.48. The highest BCUT2D eigenvalue weighted by molar-refractivity contribution is 6.33. The van der Waals surface area contributed by atoms with E-state index in [-0.39, 0.29) is 0 Å². The van der Waals surface area contributed by atoms with Crippen molar-refractivity contribution < 1.29 is 0 Å². The molecule has 1 aromatic rings. The van der Waals surface area contributed by atoms with Gasteiger partial charge in [-0.05, 0) is 37.3 Å². The Hall–Kier alpha value is -0.800. The van der Waals surface area contributed by atoms with Crippen molar-refractivity contribution in [2.24, 2.45) is 0 Å². The van der Waals surface area contributed by atoms with E-state index in [1.54, 1.807) is 0 Å². The molecule has 1 aromatic heterocycles. The van der Waals surface area contributed by atoms with Gasteiger partial charge < -0.3 is 10.2 Å². The third kappa shape index (κ3) is 4.10. The summed E-state index contributed by atoms with van der Waals surface area (Å²) in [6, 6.07) is 3.39. The van der Waals surface area contributed by atoms with Gasteiger partial charge >= 0.3 is 0 Å². The minimum Gasteiger partial charge on any atom is -0.355 e. The Labute approximate surface area is 133 Å². The first-order valence-electron chi connectivity index (χ1n) is 8.34. The van der Waals surface area contributed by atoms with Gasteiger partial charge in [-0.25, -0.2) is 4.98 Å². The molecular formula is C17H26ClN3. The lowest BCUT2D eigenvalue weighted by atomic mass is 10.1. The number of pyridine rings is 1. The molecule has 0 atom stereocenters. The number of nitrogens with zero attached hydrogens (tertiary/aromatic N) is 2. The zero-order valence-electron chi connectivity index (χ0n) is 12.9. The molecule has 1 heterocycles. The van der Waals surface area contributed by atoms with Crippen LogP contribution in [0.2, 0.25) is 5.02 Å². The van der Waals surface area contributed by atoms with Crippen molar-refractivity contribution in [3.63, 3.8) is 0 Å². The molecule has 0 unspecified atom stereocenters. The predicted molar refractivity (Wildman–Crippen MR) is 89.0 cm³/mol. The van der Waals surface area contributed by atoms with E-state index < -0.39 is 0 Å². The molecule has 21 heavy (non-hydrogen) atoms. The largest absolute Gasteiger partial charge is 0.355 e. The molecule has 0 aliphatic heterocycles. The van der Waals surface area contributed by atoms with Gasteiger partial charge in [-0.3, -0.25) is 0 Å². The summed E-state index contributed by atoms with van der Waals surface area (Å²) in [4.78, 5) is 6.93. The van der Waals surface area contributed by atoms with Gasteiger partial charge in [0.1, 0.15) is 5.82 Å². The van der Waals surface area contributed by atoms with Crippen LogP contribution in [0.5, 0.6) is 0 Å². The van der Waals surface area contributed by atoms with Crippen LogP contribution in [-0.2, 0) is 6.54 Å². The fraction of sp³-hybridized carbons (Fsp3) is 0.706. The van der Waals surface area contributed by atoms with E-state index in [0.717, 1.165) is 23.4 Å². The van der Waals surface area contributed by atoms with E-state index in [0.29, 0.717) is 6.04 Å². The summed E-state index contributed by atoms with van der Waals surface area (Å²) in [5.74, 6) is 0.943. The van der Waals surface area contributed by atoms with Gasteiger partial charge in [0.05, 0.1) is 5.02 Å². The van der Waals surface area contributed by atoms with E-state index in [2.05, 4.69) is 28.3 Å². The maximum absolute atomic E-state index is 6.48. The average Bonchev–Trinajstić information content (AvgIpc) is 3.31. The predicted octanol–water partition coefficient (Wildman–Crippen LogP) is 4.15. The van der Waals surface area contributed by atoms with Crippen molar-refractivity contribution in [2.75, 3.05) is 11.9 Å². The fourth-order valence-corrected chi connectivity index (χ4v) is 3.52. The summed E-state index contributed by atoms with van der Waals surface area (Å²) in [5, 5.41) is 4.30. The van der Waals surface area contributed by atoms with E-state index in [1.807, 2.05) is 6.20 Å². The van der Waals surface area contributed by atoms with Crippen molar-refractivity contribution in [1.29, 1.82) is 0 Å². The molecule has 4 heteroatoms. The van der Waals surface area contributed by atoms with Gasteiger partial charge in [-0.15, -0.1) is 0 Å². The van der Waals surface area contributed by atoms with Crippen LogP contribution >= 0.6 is 11.6 Å². The molecule has 2 aliphatic rings. The molecule has 0 aromatic carbocycles. The third-order valence-electron chi connectivity index (χ3n) is 4.76. The van der Waals surface area contributed by atoms with Crippen molar-refractivity contribution in [1.82, 2.24) is 10.3 Å². The number of anilines is 1. The number of aromatic nitrogens is 1. The number of halogens is 1. The topological polar surface area (TPSA) is 28.2 Å². The van der Waals surface area contributed by atoms with E-state index in [9.17, 15) is 0 Å². The summed E-state index contributed by atoms with van der Waals surface area (Å²) in [5.41, 5.74) is 1.19. The molecule has 2 fully saturated rings. The average molecular weight is 308 g/mol. The quantitative estimate of drug-likeness (QED) is 0.828. The van der Waals surface area contributed by atoms with Gasteiger partial charge in [-0.1, -0.05) is 37.3 Å². The zero-order chi connectivity index (χ0) is 14.7. The molecule has 0 spiro atoms. The second-order valence-corrected chi connectivity index (χ2v) is 6.97. The minimum absolute atomic E-state index is 0.591. The standard InChI is InChI=1S/C17H26ClN3/c1-21(15-6-4-2-3-5-7-15)17-16(18)10-13(12-20-17)11-19-14-8-9-14/h10,12,14-15,19H,2-9,11H2,1H3. The van der Waals surface area contributed by atoms with Crippen molar-refractivity contribution in [2.45, 2.75) is 70.0 Å². The molecular weight excluding hydrogens is 282 g/mol. The molecule has 0 bridgehead atoms. The summed E-state index contributed by atoms with van der Waals surface area (Å²) in [6.45, 7) is 0.880. The van der Waals surface area contributed by atoms with Crippen molar-refractivity contribution in [3.8, 4) is 0 Å². The summed E-state index contributed by atoms with van der Waals surface area (Å²) in [6.07, 6.45) is 12.5. The molecule has 2 aliphatic carbocycles. The van der Waals surface area contributed by atoms with Crippen LogP contribution in [0.25, 0.3) is 0 Å². The number of hydrogen-bond donors (Lipinski definition) is 1. The van der Waals surface area contributed by atoms with E-state index in [4.69, 9.17) is 11.6 Å². The fourth-order valence-electron chi connectivity index (χ4n) is 3.19. The van der Waals surface area contributed by atoms with Gasteiger partial charge in [0, 0.05) is 31.9 Å². The lowest BCUT2D eigenvalue weighted by Gasteiger charge is -2.29. The van der Waals surface area contributed by atoms with Crippen LogP contribution in [-0.4, -0.2) is 24.1 Å². The van der Waals surface area contributed by atoms with E-state index >= 15 is 0 Å². The first-order chi connectivity index (χ1) is 10.2. The molecule has 116 valence electrons. The summed E-state index contributed by atoms with van der Waals surface area (Å²) in [7, 11) is 2.15. The second kappa shape index (κ2) is 6.97. The number of nitrogens with one attached hydrogen (secondary N) is 1. The highest BCUT2D eigenvalue weighted by atomic mass is 35.5. The van der Waals surface area contributed by atoms with Crippen LogP contribution in [0.1, 0.15) is 56.9 Å². The van der Waals surface area contributed by atoms with Crippen molar-refractivity contribution in [3.05, 3.63) is 22.8 Å². The Morgan fingerprint density at radius 3 is 2.52 bits per heavy atom. The van der Waals surface area contributed by atoms with Crippen molar-refractivity contribution >= 4 is 17.4 Å². The summed E-state index contributed by atoms with van der Waals surface area (Å²) < 4.78 is 0. The van der Waals surface area contributed by atoms with Crippen LogP contribution in [0, 0.1) is 0 Å². The van der Waals surface area contributed by atoms with Crippen LogP contribution < -0.4 is 10.2 Å². The van der Waals surface area contributed by atoms with Gasteiger partial charge in [-0.2, -0.15) is 0 Å². The molecule has 3 nitrogen and oxygen atoms in total. The molecule has 2 saturated carbocycles. The Bertz CT molecular complexity index is 465. The Morgan fingerprint density at radius 2 is 1.90 bits per heavy atom. The molecule has 0 amide bonds. The monoisotopic (exact) mass is 307 g/mol. The lowest BCUT2D eigenvalue weighted by Crippen LogP contribution is -2.32. The maximum Gasteiger partial charge on any atom is 0.147 e. The Balaban J connectivity index is 1.65. The zero-order valence-corrected chi connectivity index (χ0v) is 13.7. The van der Waals surface area contributed by atoms with Crippen LogP contribution in [0.4, 0.5) is 5.82 Å². The van der Waals surface area contributed by atoms with Gasteiger partial charge in [0.25, 0.3) is 0 Å².